The Balaban J connectivity index is 2.20. The monoisotopic (exact) mass is 335 g/mol. The maximum atomic E-state index is 12.5. The Morgan fingerprint density at radius 3 is 2.54 bits per heavy atom. The van der Waals surface area contributed by atoms with Crippen LogP contribution in [0.3, 0.4) is 0 Å². The molecule has 1 aliphatic rings. The second-order valence-corrected chi connectivity index (χ2v) is 6.60. The van der Waals surface area contributed by atoms with E-state index < -0.39 is 17.1 Å². The van der Waals surface area contributed by atoms with Crippen molar-refractivity contribution in [1.82, 2.24) is 5.32 Å². The minimum atomic E-state index is -1.02. The van der Waals surface area contributed by atoms with Crippen molar-refractivity contribution in [3.05, 3.63) is 29.8 Å². The fourth-order valence-corrected chi connectivity index (χ4v) is 3.16. The third kappa shape index (κ3) is 4.06. The van der Waals surface area contributed by atoms with E-state index in [2.05, 4.69) is 5.32 Å². The third-order valence-electron chi connectivity index (χ3n) is 4.81. The maximum Gasteiger partial charge on any atom is 0.306 e. The molecule has 0 aromatic heterocycles. The van der Waals surface area contributed by atoms with Gasteiger partial charge in [0, 0.05) is 7.11 Å². The SMILES string of the molecule is COc1cccc(C(C)(CC(=O)O)NC(=O)CC2(OC)CCC2)c1. The number of rotatable bonds is 8. The second kappa shape index (κ2) is 7.21. The zero-order valence-electron chi connectivity index (χ0n) is 14.4. The van der Waals surface area contributed by atoms with E-state index in [1.807, 2.05) is 0 Å². The summed E-state index contributed by atoms with van der Waals surface area (Å²) in [4.78, 5) is 23.8. The standard InChI is InChI=1S/C18H25NO5/c1-17(12-16(21)22,13-6-4-7-14(10-13)23-2)19-15(20)11-18(24-3)8-5-9-18/h4,6-7,10H,5,8-9,11-12H2,1-3H3,(H,19,20)(H,21,22). The summed E-state index contributed by atoms with van der Waals surface area (Å²) in [7, 11) is 3.16. The topological polar surface area (TPSA) is 84.9 Å². The first kappa shape index (κ1) is 18.3. The summed E-state index contributed by atoms with van der Waals surface area (Å²) in [5, 5.41) is 12.2. The molecule has 6 nitrogen and oxygen atoms in total. The first-order valence-electron chi connectivity index (χ1n) is 8.05. The molecule has 24 heavy (non-hydrogen) atoms. The first-order valence-corrected chi connectivity index (χ1v) is 8.05. The lowest BCUT2D eigenvalue weighted by Crippen LogP contribution is -2.50. The Labute approximate surface area is 142 Å². The Hall–Kier alpha value is -2.08. The van der Waals surface area contributed by atoms with Gasteiger partial charge in [-0.15, -0.1) is 0 Å². The van der Waals surface area contributed by atoms with Crippen molar-refractivity contribution in [2.24, 2.45) is 0 Å². The van der Waals surface area contributed by atoms with Crippen molar-refractivity contribution in [1.29, 1.82) is 0 Å². The number of aliphatic carboxylic acids is 1. The van der Waals surface area contributed by atoms with Crippen LogP contribution in [-0.2, 0) is 19.9 Å². The average molecular weight is 335 g/mol. The molecule has 2 N–H and O–H groups in total. The number of ether oxygens (including phenoxy) is 2. The Morgan fingerprint density at radius 2 is 2.04 bits per heavy atom. The van der Waals surface area contributed by atoms with Gasteiger partial charge in [0.15, 0.2) is 0 Å². The molecule has 0 radical (unpaired) electrons. The van der Waals surface area contributed by atoms with Crippen molar-refractivity contribution >= 4 is 11.9 Å². The number of carboxylic acids is 1. The summed E-state index contributed by atoms with van der Waals surface area (Å²) in [6.45, 7) is 1.72. The van der Waals surface area contributed by atoms with Gasteiger partial charge in [0.2, 0.25) is 5.91 Å². The molecule has 1 aromatic carbocycles. The zero-order chi connectivity index (χ0) is 17.8. The lowest BCUT2D eigenvalue weighted by atomic mass is 9.77. The van der Waals surface area contributed by atoms with Crippen LogP contribution in [0.2, 0.25) is 0 Å². The van der Waals surface area contributed by atoms with Crippen molar-refractivity contribution < 1.29 is 24.2 Å². The van der Waals surface area contributed by atoms with Crippen LogP contribution < -0.4 is 10.1 Å². The van der Waals surface area contributed by atoms with E-state index in [4.69, 9.17) is 9.47 Å². The molecule has 2 rings (SSSR count). The van der Waals surface area contributed by atoms with Crippen molar-refractivity contribution in [2.45, 2.75) is 50.2 Å². The molecule has 1 amide bonds. The zero-order valence-corrected chi connectivity index (χ0v) is 14.4. The van der Waals surface area contributed by atoms with Gasteiger partial charge in [0.1, 0.15) is 5.75 Å². The Kier molecular flexibility index (Phi) is 5.49. The van der Waals surface area contributed by atoms with Crippen molar-refractivity contribution in [2.75, 3.05) is 14.2 Å². The molecule has 6 heteroatoms. The molecular weight excluding hydrogens is 310 g/mol. The van der Waals surface area contributed by atoms with Gasteiger partial charge in [-0.05, 0) is 43.9 Å². The van der Waals surface area contributed by atoms with Gasteiger partial charge in [0.25, 0.3) is 0 Å². The van der Waals surface area contributed by atoms with E-state index in [-0.39, 0.29) is 18.7 Å². The van der Waals surface area contributed by atoms with E-state index in [1.54, 1.807) is 45.4 Å². The highest BCUT2D eigenvalue weighted by molar-refractivity contribution is 5.79. The summed E-state index contributed by atoms with van der Waals surface area (Å²) in [6, 6.07) is 7.10. The molecule has 132 valence electrons. The number of nitrogens with one attached hydrogen (secondary N) is 1. The van der Waals surface area contributed by atoms with Crippen LogP contribution in [-0.4, -0.2) is 36.8 Å². The molecule has 0 spiro atoms. The van der Waals surface area contributed by atoms with Crippen molar-refractivity contribution in [3.8, 4) is 5.75 Å². The van der Waals surface area contributed by atoms with Crippen LogP contribution in [0.25, 0.3) is 0 Å². The van der Waals surface area contributed by atoms with Gasteiger partial charge in [-0.3, -0.25) is 9.59 Å². The predicted octanol–water partition coefficient (Wildman–Crippen LogP) is 2.46. The summed E-state index contributed by atoms with van der Waals surface area (Å²) >= 11 is 0. The van der Waals surface area contributed by atoms with Crippen LogP contribution in [0.15, 0.2) is 24.3 Å². The van der Waals surface area contributed by atoms with E-state index in [0.717, 1.165) is 19.3 Å². The normalized spacial score (nSPS) is 18.1. The minimum absolute atomic E-state index is 0.205. The van der Waals surface area contributed by atoms with Gasteiger partial charge in [-0.1, -0.05) is 12.1 Å². The largest absolute Gasteiger partial charge is 0.497 e. The summed E-state index contributed by atoms with van der Waals surface area (Å²) < 4.78 is 10.7. The molecule has 0 saturated heterocycles. The lowest BCUT2D eigenvalue weighted by Gasteiger charge is -2.41. The quantitative estimate of drug-likeness (QED) is 0.762. The fraction of sp³-hybridized carbons (Fsp3) is 0.556. The maximum absolute atomic E-state index is 12.5. The smallest absolute Gasteiger partial charge is 0.306 e. The molecule has 1 atom stereocenters. The number of methoxy groups -OCH3 is 2. The number of carboxylic acid groups (broad SMARTS) is 1. The average Bonchev–Trinajstić information content (AvgIpc) is 2.50. The fourth-order valence-electron chi connectivity index (χ4n) is 3.16. The van der Waals surface area contributed by atoms with E-state index in [0.29, 0.717) is 11.3 Å². The molecule has 1 aliphatic carbocycles. The van der Waals surface area contributed by atoms with E-state index in [9.17, 15) is 14.7 Å². The number of hydrogen-bond donors (Lipinski definition) is 2. The summed E-state index contributed by atoms with van der Waals surface area (Å²) in [5.74, 6) is -0.570. The molecule has 1 saturated carbocycles. The van der Waals surface area contributed by atoms with E-state index in [1.165, 1.54) is 0 Å². The third-order valence-corrected chi connectivity index (χ3v) is 4.81. The highest BCUT2D eigenvalue weighted by Gasteiger charge is 2.41. The van der Waals surface area contributed by atoms with Crippen LogP contribution in [0, 0.1) is 0 Å². The molecule has 0 aliphatic heterocycles. The lowest BCUT2D eigenvalue weighted by molar-refractivity contribution is -0.140. The van der Waals surface area contributed by atoms with E-state index >= 15 is 0 Å². The van der Waals surface area contributed by atoms with Gasteiger partial charge in [-0.2, -0.15) is 0 Å². The number of carbonyl (C=O) groups excluding carboxylic acids is 1. The summed E-state index contributed by atoms with van der Waals surface area (Å²) in [5.41, 5.74) is -0.726. The Morgan fingerprint density at radius 1 is 1.33 bits per heavy atom. The molecule has 0 heterocycles. The Bertz CT molecular complexity index is 606. The molecule has 1 fully saturated rings. The van der Waals surface area contributed by atoms with Crippen molar-refractivity contribution in [3.63, 3.8) is 0 Å². The predicted molar refractivity (Wildman–Crippen MR) is 88.9 cm³/mol. The molecule has 1 unspecified atom stereocenters. The highest BCUT2D eigenvalue weighted by Crippen LogP contribution is 2.38. The van der Waals surface area contributed by atoms with Crippen LogP contribution in [0.4, 0.5) is 0 Å². The first-order chi connectivity index (χ1) is 11.3. The van der Waals surface area contributed by atoms with Gasteiger partial charge in [-0.25, -0.2) is 0 Å². The molecule has 1 aromatic rings. The van der Waals surface area contributed by atoms with Crippen LogP contribution >= 0.6 is 0 Å². The van der Waals surface area contributed by atoms with Crippen LogP contribution in [0.1, 0.15) is 44.6 Å². The molecule has 0 bridgehead atoms. The minimum Gasteiger partial charge on any atom is -0.497 e. The number of carbonyl (C=O) groups is 2. The second-order valence-electron chi connectivity index (χ2n) is 6.60. The summed E-state index contributed by atoms with van der Waals surface area (Å²) in [6.07, 6.45) is 2.77. The van der Waals surface area contributed by atoms with Gasteiger partial charge >= 0.3 is 5.97 Å². The van der Waals surface area contributed by atoms with Gasteiger partial charge in [0.05, 0.1) is 31.1 Å². The highest BCUT2D eigenvalue weighted by atomic mass is 16.5. The van der Waals surface area contributed by atoms with Gasteiger partial charge < -0.3 is 19.9 Å². The van der Waals surface area contributed by atoms with Crippen LogP contribution in [0.5, 0.6) is 5.75 Å². The number of benzene rings is 1. The molecular formula is C18H25NO5. The number of hydrogen-bond acceptors (Lipinski definition) is 4. The number of amides is 1.